The number of hydrogen-bond acceptors (Lipinski definition) is 1. The van der Waals surface area contributed by atoms with Crippen LogP contribution in [0.4, 0.5) is 8.78 Å². The van der Waals surface area contributed by atoms with E-state index in [-0.39, 0.29) is 0 Å². The molecule has 0 bridgehead atoms. The summed E-state index contributed by atoms with van der Waals surface area (Å²) in [5.41, 5.74) is 5.05. The topological polar surface area (TPSA) is 8.17 Å². The van der Waals surface area contributed by atoms with Crippen LogP contribution in [0.3, 0.4) is 0 Å². The third-order valence-electron chi connectivity index (χ3n) is 3.92. The lowest BCUT2D eigenvalue weighted by Gasteiger charge is -2.14. The fourth-order valence-electron chi connectivity index (χ4n) is 3.00. The molecule has 0 N–H and O–H groups in total. The van der Waals surface area contributed by atoms with E-state index in [4.69, 9.17) is 0 Å². The molecule has 1 aromatic heterocycles. The fraction of sp³-hybridized carbons (Fsp3) is 0.333. The van der Waals surface area contributed by atoms with E-state index in [0.29, 0.717) is 5.69 Å². The Balaban J connectivity index is 2.20. The number of hydrogen-bond donors (Lipinski definition) is 0. The molecule has 0 spiro atoms. The average Bonchev–Trinajstić information content (AvgIpc) is 2.82. The molecule has 3 rings (SSSR count). The van der Waals surface area contributed by atoms with Gasteiger partial charge in [-0.3, -0.25) is 4.90 Å². The Labute approximate surface area is 111 Å². The Bertz CT molecular complexity index is 629. The second-order valence-corrected chi connectivity index (χ2v) is 5.23. The molecule has 2 nitrogen and oxygen atoms in total. The van der Waals surface area contributed by atoms with Crippen LogP contribution in [0.2, 0.25) is 0 Å². The Morgan fingerprint density at radius 1 is 1.00 bits per heavy atom. The van der Waals surface area contributed by atoms with Crippen molar-refractivity contribution in [1.82, 2.24) is 9.47 Å². The first-order chi connectivity index (χ1) is 8.99. The summed E-state index contributed by atoms with van der Waals surface area (Å²) in [7, 11) is 2.07. The zero-order chi connectivity index (χ0) is 13.7. The van der Waals surface area contributed by atoms with Crippen LogP contribution in [0.1, 0.15) is 22.5 Å². The highest BCUT2D eigenvalue weighted by molar-refractivity contribution is 5.48. The highest BCUT2D eigenvalue weighted by atomic mass is 19.1. The van der Waals surface area contributed by atoms with Gasteiger partial charge in [0.15, 0.2) is 0 Å². The highest BCUT2D eigenvalue weighted by Crippen LogP contribution is 2.33. The van der Waals surface area contributed by atoms with Crippen LogP contribution < -0.4 is 0 Å². The Kier molecular flexibility index (Phi) is 2.71. The Morgan fingerprint density at radius 3 is 2.11 bits per heavy atom. The zero-order valence-corrected chi connectivity index (χ0v) is 11.3. The Hall–Kier alpha value is -1.68. The predicted molar refractivity (Wildman–Crippen MR) is 70.3 cm³/mol. The van der Waals surface area contributed by atoms with Gasteiger partial charge in [0.25, 0.3) is 0 Å². The van der Waals surface area contributed by atoms with E-state index in [9.17, 15) is 8.78 Å². The number of rotatable bonds is 1. The van der Waals surface area contributed by atoms with Gasteiger partial charge < -0.3 is 4.57 Å². The smallest absolute Gasteiger partial charge is 0.150 e. The van der Waals surface area contributed by atoms with Gasteiger partial charge in [-0.05, 0) is 44.2 Å². The molecule has 0 atom stereocenters. The second kappa shape index (κ2) is 4.17. The van der Waals surface area contributed by atoms with Crippen LogP contribution in [-0.4, -0.2) is 16.5 Å². The Morgan fingerprint density at radius 2 is 1.58 bits per heavy atom. The molecule has 1 aliphatic heterocycles. The molecule has 0 fully saturated rings. The molecule has 4 heteroatoms. The first-order valence-corrected chi connectivity index (χ1v) is 6.32. The molecule has 0 radical (unpaired) electrons. The predicted octanol–water partition coefficient (Wildman–Crippen LogP) is 3.32. The molecule has 1 aromatic carbocycles. The van der Waals surface area contributed by atoms with Crippen LogP contribution in [0, 0.1) is 25.5 Å². The summed E-state index contributed by atoms with van der Waals surface area (Å²) in [4.78, 5) is 2.23. The summed E-state index contributed by atoms with van der Waals surface area (Å²) in [5, 5.41) is 0. The monoisotopic (exact) mass is 262 g/mol. The molecule has 0 unspecified atom stereocenters. The van der Waals surface area contributed by atoms with E-state index in [0.717, 1.165) is 30.5 Å². The fourth-order valence-corrected chi connectivity index (χ4v) is 3.00. The van der Waals surface area contributed by atoms with E-state index >= 15 is 0 Å². The normalized spacial score (nSPS) is 15.0. The second-order valence-electron chi connectivity index (χ2n) is 5.23. The van der Waals surface area contributed by atoms with E-state index in [2.05, 4.69) is 11.9 Å². The first-order valence-electron chi connectivity index (χ1n) is 6.32. The van der Waals surface area contributed by atoms with E-state index in [1.165, 1.54) is 23.3 Å². The molecular formula is C15H16F2N2. The molecule has 100 valence electrons. The lowest BCUT2D eigenvalue weighted by Crippen LogP contribution is -2.12. The molecule has 0 saturated heterocycles. The van der Waals surface area contributed by atoms with Crippen molar-refractivity contribution in [2.24, 2.45) is 0 Å². The summed E-state index contributed by atoms with van der Waals surface area (Å²) >= 11 is 0. The molecule has 0 aliphatic carbocycles. The van der Waals surface area contributed by atoms with Gasteiger partial charge in [0.1, 0.15) is 11.6 Å². The summed E-state index contributed by atoms with van der Waals surface area (Å²) < 4.78 is 28.9. The number of fused-ring (bicyclic) bond motifs is 1. The van der Waals surface area contributed by atoms with Gasteiger partial charge in [-0.1, -0.05) is 0 Å². The lowest BCUT2D eigenvalue weighted by atomic mass is 10.2. The summed E-state index contributed by atoms with van der Waals surface area (Å²) in [6.45, 7) is 5.76. The van der Waals surface area contributed by atoms with E-state index in [1.54, 1.807) is 0 Å². The van der Waals surface area contributed by atoms with Crippen LogP contribution in [0.25, 0.3) is 5.69 Å². The van der Waals surface area contributed by atoms with Crippen molar-refractivity contribution in [1.29, 1.82) is 0 Å². The minimum atomic E-state index is -0.545. The van der Waals surface area contributed by atoms with Gasteiger partial charge in [0.05, 0.1) is 5.69 Å². The lowest BCUT2D eigenvalue weighted by molar-refractivity contribution is 0.350. The zero-order valence-electron chi connectivity index (χ0n) is 11.3. The molecule has 0 saturated carbocycles. The van der Waals surface area contributed by atoms with Gasteiger partial charge >= 0.3 is 0 Å². The number of halogens is 2. The van der Waals surface area contributed by atoms with Crippen molar-refractivity contribution < 1.29 is 8.78 Å². The van der Waals surface area contributed by atoms with Gasteiger partial charge in [-0.15, -0.1) is 0 Å². The summed E-state index contributed by atoms with van der Waals surface area (Å²) in [6.07, 6.45) is 0. The van der Waals surface area contributed by atoms with Gasteiger partial charge in [-0.25, -0.2) is 8.78 Å². The van der Waals surface area contributed by atoms with Crippen molar-refractivity contribution in [3.05, 3.63) is 52.3 Å². The van der Waals surface area contributed by atoms with Crippen molar-refractivity contribution in [2.45, 2.75) is 26.9 Å². The third kappa shape index (κ3) is 1.78. The van der Waals surface area contributed by atoms with Crippen molar-refractivity contribution in [3.63, 3.8) is 0 Å². The minimum Gasteiger partial charge on any atom is -0.315 e. The SMILES string of the molecule is Cc1c2c(c(C)n1-c1ccc(F)cc1F)CN(C)C2. The van der Waals surface area contributed by atoms with Gasteiger partial charge in [-0.2, -0.15) is 0 Å². The third-order valence-corrected chi connectivity index (χ3v) is 3.92. The molecule has 0 amide bonds. The molecule has 19 heavy (non-hydrogen) atoms. The van der Waals surface area contributed by atoms with E-state index in [1.807, 2.05) is 18.4 Å². The maximum atomic E-state index is 14.0. The molecule has 2 heterocycles. The maximum absolute atomic E-state index is 14.0. The number of aromatic nitrogens is 1. The van der Waals surface area contributed by atoms with Crippen LogP contribution in [0.15, 0.2) is 18.2 Å². The standard InChI is InChI=1S/C15H16F2N2/c1-9-12-7-18(3)8-13(12)10(2)19(9)15-5-4-11(16)6-14(15)17/h4-6H,7-8H2,1-3H3. The first kappa shape index (κ1) is 12.4. The summed E-state index contributed by atoms with van der Waals surface area (Å²) in [6, 6.07) is 3.74. The van der Waals surface area contributed by atoms with Crippen LogP contribution >= 0.6 is 0 Å². The van der Waals surface area contributed by atoms with Gasteiger partial charge in [0.2, 0.25) is 0 Å². The number of benzene rings is 1. The highest BCUT2D eigenvalue weighted by Gasteiger charge is 2.26. The van der Waals surface area contributed by atoms with Crippen molar-refractivity contribution >= 4 is 0 Å². The van der Waals surface area contributed by atoms with E-state index < -0.39 is 11.6 Å². The van der Waals surface area contributed by atoms with Gasteiger partial charge in [0, 0.05) is 30.5 Å². The van der Waals surface area contributed by atoms with Crippen LogP contribution in [0.5, 0.6) is 0 Å². The molecule has 2 aromatic rings. The maximum Gasteiger partial charge on any atom is 0.150 e. The quantitative estimate of drug-likeness (QED) is 0.765. The molecular weight excluding hydrogens is 246 g/mol. The van der Waals surface area contributed by atoms with Crippen LogP contribution in [-0.2, 0) is 13.1 Å². The minimum absolute atomic E-state index is 0.424. The number of nitrogens with zero attached hydrogens (tertiary/aromatic N) is 2. The molecule has 1 aliphatic rings. The van der Waals surface area contributed by atoms with Crippen molar-refractivity contribution in [3.8, 4) is 5.69 Å². The van der Waals surface area contributed by atoms with Crippen molar-refractivity contribution in [2.75, 3.05) is 7.05 Å². The largest absolute Gasteiger partial charge is 0.315 e. The average molecular weight is 262 g/mol. The summed E-state index contributed by atoms with van der Waals surface area (Å²) in [5.74, 6) is -1.07.